The van der Waals surface area contributed by atoms with Gasteiger partial charge in [-0.15, -0.1) is 6.42 Å². The summed E-state index contributed by atoms with van der Waals surface area (Å²) in [5, 5.41) is 7.53. The molecule has 3 unspecified atom stereocenters. The van der Waals surface area contributed by atoms with Gasteiger partial charge in [-0.05, 0) is 47.0 Å². The Bertz CT molecular complexity index is 575. The average molecular weight is 338 g/mol. The van der Waals surface area contributed by atoms with Crippen LogP contribution in [0.5, 0.6) is 0 Å². The van der Waals surface area contributed by atoms with Gasteiger partial charge in [0.15, 0.2) is 0 Å². The predicted molar refractivity (Wildman–Crippen MR) is 84.6 cm³/mol. The molecule has 0 bridgehead atoms. The highest BCUT2D eigenvalue weighted by atomic mass is 79.9. The minimum atomic E-state index is -0.190. The van der Waals surface area contributed by atoms with Crippen LogP contribution in [0.25, 0.3) is 0 Å². The molecule has 0 aliphatic heterocycles. The molecule has 1 aliphatic rings. The number of nitrogens with zero attached hydrogens (tertiary/aromatic N) is 2. The summed E-state index contributed by atoms with van der Waals surface area (Å²) >= 11 is 3.35. The van der Waals surface area contributed by atoms with Crippen LogP contribution >= 0.6 is 15.9 Å². The van der Waals surface area contributed by atoms with Crippen LogP contribution in [-0.2, 0) is 6.54 Å². The van der Waals surface area contributed by atoms with Crippen molar-refractivity contribution in [2.24, 2.45) is 11.8 Å². The Labute approximate surface area is 128 Å². The molecule has 3 atom stereocenters. The van der Waals surface area contributed by atoms with E-state index in [4.69, 9.17) is 6.42 Å². The van der Waals surface area contributed by atoms with E-state index in [1.54, 1.807) is 6.20 Å². The van der Waals surface area contributed by atoms with Crippen molar-refractivity contribution in [2.45, 2.75) is 45.7 Å². The highest BCUT2D eigenvalue weighted by Gasteiger charge is 2.25. The normalized spacial score (nSPS) is 26.0. The number of hydrogen-bond acceptors (Lipinski definition) is 3. The third-order valence-corrected chi connectivity index (χ3v) is 4.95. The van der Waals surface area contributed by atoms with E-state index in [1.807, 2.05) is 0 Å². The van der Waals surface area contributed by atoms with Crippen molar-refractivity contribution in [1.82, 2.24) is 9.78 Å². The Kier molecular flexibility index (Phi) is 4.87. The third-order valence-electron chi connectivity index (χ3n) is 4.18. The van der Waals surface area contributed by atoms with E-state index in [-0.39, 0.29) is 12.1 Å². The van der Waals surface area contributed by atoms with Crippen LogP contribution in [0.2, 0.25) is 0 Å². The zero-order valence-corrected chi connectivity index (χ0v) is 13.5. The molecule has 0 spiro atoms. The lowest BCUT2D eigenvalue weighted by atomic mass is 9.79. The largest absolute Gasteiger partial charge is 0.380 e. The van der Waals surface area contributed by atoms with E-state index in [1.165, 1.54) is 11.1 Å². The van der Waals surface area contributed by atoms with Gasteiger partial charge in [-0.25, -0.2) is 4.68 Å². The average Bonchev–Trinajstić information content (AvgIpc) is 2.42. The molecule has 1 aromatic heterocycles. The molecule has 0 amide bonds. The first-order valence-electron chi connectivity index (χ1n) is 6.98. The Morgan fingerprint density at radius 3 is 2.90 bits per heavy atom. The van der Waals surface area contributed by atoms with Crippen LogP contribution < -0.4 is 10.9 Å². The van der Waals surface area contributed by atoms with Crippen molar-refractivity contribution in [1.29, 1.82) is 0 Å². The van der Waals surface area contributed by atoms with Crippen LogP contribution in [-0.4, -0.2) is 15.8 Å². The predicted octanol–water partition coefficient (Wildman–Crippen LogP) is 2.88. The maximum absolute atomic E-state index is 12.1. The number of terminal acetylenes is 1. The molecule has 1 aliphatic carbocycles. The van der Waals surface area contributed by atoms with Crippen molar-refractivity contribution in [3.63, 3.8) is 0 Å². The zero-order valence-electron chi connectivity index (χ0n) is 11.9. The summed E-state index contributed by atoms with van der Waals surface area (Å²) in [7, 11) is 0. The Hall–Kier alpha value is -1.28. The molecular formula is C15H20BrN3O. The summed E-state index contributed by atoms with van der Waals surface area (Å²) in [5.74, 6) is 3.90. The number of rotatable bonds is 3. The molecule has 5 heteroatoms. The van der Waals surface area contributed by atoms with Gasteiger partial charge < -0.3 is 5.32 Å². The summed E-state index contributed by atoms with van der Waals surface area (Å²) in [6.07, 6.45) is 10.4. The van der Waals surface area contributed by atoms with Crippen LogP contribution in [0.3, 0.4) is 0 Å². The van der Waals surface area contributed by atoms with Gasteiger partial charge in [0.1, 0.15) is 11.0 Å². The second kappa shape index (κ2) is 6.45. The smallest absolute Gasteiger partial charge is 0.284 e. The molecule has 4 nitrogen and oxygen atoms in total. The van der Waals surface area contributed by atoms with Crippen molar-refractivity contribution in [3.8, 4) is 12.3 Å². The van der Waals surface area contributed by atoms with Gasteiger partial charge in [-0.3, -0.25) is 4.79 Å². The van der Waals surface area contributed by atoms with Gasteiger partial charge in [-0.1, -0.05) is 19.8 Å². The van der Waals surface area contributed by atoms with Crippen LogP contribution in [0.1, 0.15) is 33.1 Å². The van der Waals surface area contributed by atoms with Gasteiger partial charge in [0, 0.05) is 6.04 Å². The fourth-order valence-corrected chi connectivity index (χ4v) is 3.08. The molecule has 1 saturated carbocycles. The standard InChI is InChI=1S/C15H20BrN3O/c1-4-7-19-15(20)14(16)13(9-17-19)18-12-6-5-10(2)11(3)8-12/h1,9-12,18H,5-8H2,2-3H3. The minimum absolute atomic E-state index is 0.190. The summed E-state index contributed by atoms with van der Waals surface area (Å²) in [4.78, 5) is 12.1. The summed E-state index contributed by atoms with van der Waals surface area (Å²) in [6, 6.07) is 0.405. The lowest BCUT2D eigenvalue weighted by molar-refractivity contribution is 0.261. The Morgan fingerprint density at radius 2 is 2.25 bits per heavy atom. The van der Waals surface area contributed by atoms with E-state index < -0.39 is 0 Å². The second-order valence-electron chi connectivity index (χ2n) is 5.65. The topological polar surface area (TPSA) is 46.9 Å². The highest BCUT2D eigenvalue weighted by Crippen LogP contribution is 2.31. The van der Waals surface area contributed by atoms with Crippen LogP contribution in [0.15, 0.2) is 15.5 Å². The quantitative estimate of drug-likeness (QED) is 0.862. The maximum atomic E-state index is 12.1. The first kappa shape index (κ1) is 15.1. The van der Waals surface area contributed by atoms with Crippen LogP contribution in [0, 0.1) is 24.2 Å². The minimum Gasteiger partial charge on any atom is -0.380 e. The number of nitrogens with one attached hydrogen (secondary N) is 1. The second-order valence-corrected chi connectivity index (χ2v) is 6.44. The van der Waals surface area contributed by atoms with Gasteiger partial charge >= 0.3 is 0 Å². The molecule has 0 saturated heterocycles. The molecule has 0 aromatic carbocycles. The fourth-order valence-electron chi connectivity index (χ4n) is 2.66. The maximum Gasteiger partial charge on any atom is 0.284 e. The molecule has 1 aromatic rings. The molecule has 2 rings (SSSR count). The summed E-state index contributed by atoms with van der Waals surface area (Å²) < 4.78 is 1.79. The molecular weight excluding hydrogens is 318 g/mol. The number of aromatic nitrogens is 2. The highest BCUT2D eigenvalue weighted by molar-refractivity contribution is 9.10. The van der Waals surface area contributed by atoms with Crippen LogP contribution in [0.4, 0.5) is 5.69 Å². The number of halogens is 1. The molecule has 1 fully saturated rings. The van der Waals surface area contributed by atoms with Crippen molar-refractivity contribution in [2.75, 3.05) is 5.32 Å². The van der Waals surface area contributed by atoms with E-state index in [9.17, 15) is 4.79 Å². The van der Waals surface area contributed by atoms with Crippen molar-refractivity contribution < 1.29 is 0 Å². The van der Waals surface area contributed by atoms with Gasteiger partial charge in [0.05, 0.1) is 11.9 Å². The molecule has 20 heavy (non-hydrogen) atoms. The van der Waals surface area contributed by atoms with E-state index >= 15 is 0 Å². The zero-order chi connectivity index (χ0) is 14.7. The fraction of sp³-hybridized carbons (Fsp3) is 0.600. The molecule has 0 radical (unpaired) electrons. The van der Waals surface area contributed by atoms with Crippen molar-refractivity contribution >= 4 is 21.6 Å². The SMILES string of the molecule is C#CCn1ncc(NC2CCC(C)C(C)C2)c(Br)c1=O. The van der Waals surface area contributed by atoms with Gasteiger partial charge in [0.25, 0.3) is 5.56 Å². The summed E-state index contributed by atoms with van der Waals surface area (Å²) in [6.45, 7) is 4.78. The number of hydrogen-bond donors (Lipinski definition) is 1. The lowest BCUT2D eigenvalue weighted by Crippen LogP contribution is -2.32. The molecule has 1 N–H and O–H groups in total. The lowest BCUT2D eigenvalue weighted by Gasteiger charge is -2.33. The first-order chi connectivity index (χ1) is 9.52. The third kappa shape index (κ3) is 3.24. The van der Waals surface area contributed by atoms with E-state index in [0.717, 1.165) is 24.4 Å². The van der Waals surface area contributed by atoms with Gasteiger partial charge in [0.2, 0.25) is 0 Å². The summed E-state index contributed by atoms with van der Waals surface area (Å²) in [5.41, 5.74) is 0.570. The monoisotopic (exact) mass is 337 g/mol. The Morgan fingerprint density at radius 1 is 1.50 bits per heavy atom. The molecule has 108 valence electrons. The number of anilines is 1. The van der Waals surface area contributed by atoms with Crippen molar-refractivity contribution in [3.05, 3.63) is 21.0 Å². The first-order valence-corrected chi connectivity index (χ1v) is 7.77. The van der Waals surface area contributed by atoms with E-state index in [2.05, 4.69) is 46.1 Å². The van der Waals surface area contributed by atoms with E-state index in [0.29, 0.717) is 16.4 Å². The Balaban J connectivity index is 2.13. The van der Waals surface area contributed by atoms with Gasteiger partial charge in [-0.2, -0.15) is 5.10 Å². The molecule has 1 heterocycles.